The second-order valence-corrected chi connectivity index (χ2v) is 4.46. The summed E-state index contributed by atoms with van der Waals surface area (Å²) in [5.41, 5.74) is 5.77. The molecule has 6 heteroatoms. The molecule has 0 bridgehead atoms. The third-order valence-electron chi connectivity index (χ3n) is 3.11. The van der Waals surface area contributed by atoms with Crippen LogP contribution in [0.2, 0.25) is 0 Å². The van der Waals surface area contributed by atoms with Gasteiger partial charge in [0.05, 0.1) is 0 Å². The van der Waals surface area contributed by atoms with Crippen LogP contribution in [-0.2, 0) is 9.59 Å². The van der Waals surface area contributed by atoms with Crippen LogP contribution < -0.4 is 5.73 Å². The Hall–Kier alpha value is -1.40. The van der Waals surface area contributed by atoms with Crippen molar-refractivity contribution < 1.29 is 24.9 Å². The molecule has 0 heterocycles. The molecule has 1 aliphatic carbocycles. The fraction of sp³-hybridized carbons (Fsp3) is 0.636. The van der Waals surface area contributed by atoms with E-state index in [1.807, 2.05) is 0 Å². The molecule has 0 aliphatic heterocycles. The van der Waals surface area contributed by atoms with Gasteiger partial charge in [-0.1, -0.05) is 13.8 Å². The zero-order valence-electron chi connectivity index (χ0n) is 9.96. The fourth-order valence-electron chi connectivity index (χ4n) is 1.83. The Morgan fingerprint density at radius 1 is 1.18 bits per heavy atom. The quantitative estimate of drug-likeness (QED) is 0.514. The molecule has 0 saturated heterocycles. The zero-order valence-corrected chi connectivity index (χ0v) is 9.96. The van der Waals surface area contributed by atoms with Crippen LogP contribution >= 0.6 is 0 Å². The van der Waals surface area contributed by atoms with Gasteiger partial charge in [0.2, 0.25) is 0 Å². The lowest BCUT2D eigenvalue weighted by Gasteiger charge is -1.97. The van der Waals surface area contributed by atoms with Gasteiger partial charge in [0, 0.05) is 18.8 Å². The lowest BCUT2D eigenvalue weighted by Crippen LogP contribution is -2.05. The van der Waals surface area contributed by atoms with Gasteiger partial charge in [-0.2, -0.15) is 0 Å². The van der Waals surface area contributed by atoms with E-state index in [2.05, 4.69) is 13.8 Å². The first-order valence-corrected chi connectivity index (χ1v) is 5.22. The van der Waals surface area contributed by atoms with Crippen LogP contribution in [0, 0.1) is 17.3 Å². The highest BCUT2D eigenvalue weighted by Crippen LogP contribution is 2.56. The number of carbonyl (C=O) groups is 2. The summed E-state index contributed by atoms with van der Waals surface area (Å²) in [6.45, 7) is 5.34. The van der Waals surface area contributed by atoms with Crippen LogP contribution in [0.25, 0.3) is 0 Å². The molecule has 0 unspecified atom stereocenters. The van der Waals surface area contributed by atoms with Gasteiger partial charge >= 0.3 is 11.9 Å². The van der Waals surface area contributed by atoms with Crippen molar-refractivity contribution in [3.05, 3.63) is 12.2 Å². The molecule has 1 aliphatic rings. The van der Waals surface area contributed by atoms with Crippen molar-refractivity contribution in [1.29, 1.82) is 0 Å². The van der Waals surface area contributed by atoms with Crippen LogP contribution in [0.1, 0.15) is 13.8 Å². The van der Waals surface area contributed by atoms with Crippen LogP contribution in [0.15, 0.2) is 12.2 Å². The van der Waals surface area contributed by atoms with E-state index in [1.54, 1.807) is 0 Å². The average Bonchev–Trinajstić information content (AvgIpc) is 2.77. The summed E-state index contributed by atoms with van der Waals surface area (Å²) < 4.78 is 0. The number of aliphatic hydroxyl groups is 1. The van der Waals surface area contributed by atoms with E-state index in [1.165, 1.54) is 0 Å². The van der Waals surface area contributed by atoms with Gasteiger partial charge in [-0.15, -0.1) is 0 Å². The molecule has 0 spiro atoms. The fourth-order valence-corrected chi connectivity index (χ4v) is 1.83. The number of carboxylic acids is 2. The first-order valence-electron chi connectivity index (χ1n) is 5.22. The highest BCUT2D eigenvalue weighted by atomic mass is 16.4. The van der Waals surface area contributed by atoms with E-state index in [0.717, 1.165) is 6.54 Å². The van der Waals surface area contributed by atoms with Crippen molar-refractivity contribution in [3.8, 4) is 0 Å². The highest BCUT2D eigenvalue weighted by Gasteiger charge is 2.55. The van der Waals surface area contributed by atoms with Crippen molar-refractivity contribution in [2.24, 2.45) is 23.0 Å². The van der Waals surface area contributed by atoms with E-state index in [0.29, 0.717) is 36.0 Å². The average molecular weight is 245 g/mol. The Labute approximate surface area is 99.7 Å². The summed E-state index contributed by atoms with van der Waals surface area (Å²) in [7, 11) is 0. The number of aliphatic hydroxyl groups excluding tert-OH is 1. The molecule has 5 N–H and O–H groups in total. The SMILES string of the molecule is CC1(C)[C@H](CO)[C@@H]1CN.O=C(O)/C=C/C(=O)O. The molecule has 0 amide bonds. The van der Waals surface area contributed by atoms with Gasteiger partial charge in [0.1, 0.15) is 0 Å². The van der Waals surface area contributed by atoms with Crippen LogP contribution in [-0.4, -0.2) is 40.4 Å². The summed E-state index contributed by atoms with van der Waals surface area (Å²) in [6.07, 6.45) is 1.12. The molecular formula is C11H19NO5. The molecule has 0 aromatic rings. The van der Waals surface area contributed by atoms with Gasteiger partial charge in [-0.3, -0.25) is 0 Å². The molecule has 98 valence electrons. The van der Waals surface area contributed by atoms with Crippen LogP contribution in [0.4, 0.5) is 0 Å². The molecule has 0 aromatic heterocycles. The Balaban J connectivity index is 0.000000304. The molecule has 0 aromatic carbocycles. The Bertz CT molecular complexity index is 283. The molecule has 1 fully saturated rings. The second kappa shape index (κ2) is 6.36. The molecular weight excluding hydrogens is 226 g/mol. The molecule has 6 nitrogen and oxygen atoms in total. The smallest absolute Gasteiger partial charge is 0.328 e. The van der Waals surface area contributed by atoms with Gasteiger partial charge < -0.3 is 21.1 Å². The lowest BCUT2D eigenvalue weighted by molar-refractivity contribution is -0.134. The summed E-state index contributed by atoms with van der Waals surface area (Å²) in [5, 5.41) is 24.4. The van der Waals surface area contributed by atoms with E-state index in [4.69, 9.17) is 21.1 Å². The predicted octanol–water partition coefficient (Wildman–Crippen LogP) is -0.0786. The summed E-state index contributed by atoms with van der Waals surface area (Å²) in [6, 6.07) is 0. The first-order chi connectivity index (χ1) is 7.77. The Morgan fingerprint density at radius 2 is 1.59 bits per heavy atom. The van der Waals surface area contributed by atoms with Gasteiger partial charge in [-0.05, 0) is 23.8 Å². The van der Waals surface area contributed by atoms with Crippen LogP contribution in [0.5, 0.6) is 0 Å². The number of hydrogen-bond acceptors (Lipinski definition) is 4. The highest BCUT2D eigenvalue weighted by molar-refractivity contribution is 5.89. The number of rotatable bonds is 4. The number of nitrogens with two attached hydrogens (primary N) is 1. The second-order valence-electron chi connectivity index (χ2n) is 4.46. The maximum atomic E-state index is 9.55. The van der Waals surface area contributed by atoms with Gasteiger partial charge in [-0.25, -0.2) is 9.59 Å². The number of hydrogen-bond donors (Lipinski definition) is 4. The minimum Gasteiger partial charge on any atom is -0.478 e. The van der Waals surface area contributed by atoms with Crippen molar-refractivity contribution in [2.75, 3.05) is 13.2 Å². The summed E-state index contributed by atoms with van der Waals surface area (Å²) in [5.74, 6) is -1.50. The molecule has 17 heavy (non-hydrogen) atoms. The molecule has 1 rings (SSSR count). The van der Waals surface area contributed by atoms with E-state index < -0.39 is 11.9 Å². The minimum atomic E-state index is -1.26. The monoisotopic (exact) mass is 245 g/mol. The van der Waals surface area contributed by atoms with Crippen molar-refractivity contribution >= 4 is 11.9 Å². The lowest BCUT2D eigenvalue weighted by atomic mass is 10.1. The largest absolute Gasteiger partial charge is 0.478 e. The molecule has 1 saturated carbocycles. The Morgan fingerprint density at radius 3 is 1.71 bits per heavy atom. The topological polar surface area (TPSA) is 121 Å². The molecule has 2 atom stereocenters. The number of aliphatic carboxylic acids is 2. The van der Waals surface area contributed by atoms with E-state index in [-0.39, 0.29) is 0 Å². The normalized spacial score (nSPS) is 24.9. The Kier molecular flexibility index (Phi) is 5.84. The van der Waals surface area contributed by atoms with Gasteiger partial charge in [0.15, 0.2) is 0 Å². The maximum Gasteiger partial charge on any atom is 0.328 e. The third-order valence-corrected chi connectivity index (χ3v) is 3.11. The van der Waals surface area contributed by atoms with E-state index in [9.17, 15) is 9.59 Å². The van der Waals surface area contributed by atoms with E-state index >= 15 is 0 Å². The zero-order chi connectivity index (χ0) is 13.6. The molecule has 0 radical (unpaired) electrons. The minimum absolute atomic E-state index is 0.300. The standard InChI is InChI=1S/C7H15NO.C4H4O4/c1-7(2)5(3-8)6(7)4-9;5-3(6)1-2-4(7)8/h5-6,9H,3-4,8H2,1-2H3;1-2H,(H,5,6)(H,7,8)/b;2-1+/t5-,6+;/m0./s1. The maximum absolute atomic E-state index is 9.55. The predicted molar refractivity (Wildman–Crippen MR) is 61.3 cm³/mol. The van der Waals surface area contributed by atoms with Crippen molar-refractivity contribution in [1.82, 2.24) is 0 Å². The number of carboxylic acid groups (broad SMARTS) is 2. The summed E-state index contributed by atoms with van der Waals surface area (Å²) in [4.78, 5) is 19.1. The van der Waals surface area contributed by atoms with Crippen molar-refractivity contribution in [3.63, 3.8) is 0 Å². The van der Waals surface area contributed by atoms with Crippen LogP contribution in [0.3, 0.4) is 0 Å². The third kappa shape index (κ3) is 4.97. The van der Waals surface area contributed by atoms with Crippen molar-refractivity contribution in [2.45, 2.75) is 13.8 Å². The van der Waals surface area contributed by atoms with Gasteiger partial charge in [0.25, 0.3) is 0 Å². The first kappa shape index (κ1) is 15.6. The summed E-state index contributed by atoms with van der Waals surface area (Å²) >= 11 is 0.